The number of benzene rings is 2. The van der Waals surface area contributed by atoms with Crippen LogP contribution in [0, 0.1) is 0 Å². The van der Waals surface area contributed by atoms with Crippen molar-refractivity contribution in [1.29, 1.82) is 0 Å². The summed E-state index contributed by atoms with van der Waals surface area (Å²) >= 11 is 0. The predicted molar refractivity (Wildman–Crippen MR) is 110 cm³/mol. The molecule has 1 amide bonds. The normalized spacial score (nSPS) is 10.3. The van der Waals surface area contributed by atoms with Crippen molar-refractivity contribution in [2.24, 2.45) is 0 Å². The Morgan fingerprint density at radius 2 is 1.68 bits per heavy atom. The summed E-state index contributed by atoms with van der Waals surface area (Å²) in [7, 11) is 1.64. The molecule has 6 heteroatoms. The van der Waals surface area contributed by atoms with E-state index in [0.29, 0.717) is 18.1 Å². The van der Waals surface area contributed by atoms with E-state index in [-0.39, 0.29) is 5.91 Å². The summed E-state index contributed by atoms with van der Waals surface area (Å²) in [4.78, 5) is 12.2. The summed E-state index contributed by atoms with van der Waals surface area (Å²) in [5, 5.41) is 14.2. The molecule has 144 valence electrons. The lowest BCUT2D eigenvalue weighted by atomic mass is 10.1. The van der Waals surface area contributed by atoms with E-state index in [1.165, 1.54) is 5.56 Å². The molecule has 1 aromatic heterocycles. The zero-order valence-corrected chi connectivity index (χ0v) is 15.9. The largest absolute Gasteiger partial charge is 0.497 e. The van der Waals surface area contributed by atoms with Gasteiger partial charge in [0.05, 0.1) is 7.11 Å². The van der Waals surface area contributed by atoms with E-state index in [1.807, 2.05) is 42.5 Å². The third kappa shape index (κ3) is 5.81. The van der Waals surface area contributed by atoms with Crippen molar-refractivity contribution >= 4 is 11.7 Å². The van der Waals surface area contributed by atoms with Gasteiger partial charge < -0.3 is 15.4 Å². The first-order valence-electron chi connectivity index (χ1n) is 9.27. The summed E-state index contributed by atoms with van der Waals surface area (Å²) in [6.45, 7) is 1.27. The van der Waals surface area contributed by atoms with E-state index in [0.717, 1.165) is 30.7 Å². The lowest BCUT2D eigenvalue weighted by Crippen LogP contribution is -2.26. The van der Waals surface area contributed by atoms with Gasteiger partial charge in [0, 0.05) is 13.1 Å². The van der Waals surface area contributed by atoms with Gasteiger partial charge in [0.15, 0.2) is 5.69 Å². The highest BCUT2D eigenvalue weighted by atomic mass is 16.5. The van der Waals surface area contributed by atoms with Gasteiger partial charge in [-0.2, -0.15) is 0 Å². The fourth-order valence-corrected chi connectivity index (χ4v) is 2.77. The SMILES string of the molecule is COc1cccc(CCNC(=O)c2ccc(NCCc3ccccc3)nn2)c1. The van der Waals surface area contributed by atoms with E-state index in [4.69, 9.17) is 4.74 Å². The van der Waals surface area contributed by atoms with Gasteiger partial charge in [0.25, 0.3) is 5.91 Å². The van der Waals surface area contributed by atoms with E-state index >= 15 is 0 Å². The molecule has 0 saturated carbocycles. The molecule has 28 heavy (non-hydrogen) atoms. The zero-order valence-electron chi connectivity index (χ0n) is 15.9. The van der Waals surface area contributed by atoms with Gasteiger partial charge >= 0.3 is 0 Å². The Morgan fingerprint density at radius 3 is 2.43 bits per heavy atom. The molecule has 6 nitrogen and oxygen atoms in total. The highest BCUT2D eigenvalue weighted by Gasteiger charge is 2.08. The van der Waals surface area contributed by atoms with Crippen molar-refractivity contribution in [3.05, 3.63) is 83.6 Å². The molecule has 0 fully saturated rings. The Morgan fingerprint density at radius 1 is 0.893 bits per heavy atom. The highest BCUT2D eigenvalue weighted by molar-refractivity contribution is 5.92. The zero-order chi connectivity index (χ0) is 19.6. The summed E-state index contributed by atoms with van der Waals surface area (Å²) in [6, 6.07) is 21.5. The monoisotopic (exact) mass is 376 g/mol. The van der Waals surface area contributed by atoms with Crippen molar-refractivity contribution in [3.8, 4) is 5.75 Å². The Balaban J connectivity index is 1.42. The van der Waals surface area contributed by atoms with Gasteiger partial charge in [0.2, 0.25) is 0 Å². The molecule has 3 aromatic rings. The second-order valence-corrected chi connectivity index (χ2v) is 6.32. The average Bonchev–Trinajstić information content (AvgIpc) is 2.75. The molecule has 0 spiro atoms. The van der Waals surface area contributed by atoms with Gasteiger partial charge in [-0.1, -0.05) is 42.5 Å². The van der Waals surface area contributed by atoms with Crippen LogP contribution in [0.5, 0.6) is 5.75 Å². The molecule has 0 saturated heterocycles. The Hall–Kier alpha value is -3.41. The van der Waals surface area contributed by atoms with Crippen LogP contribution in [-0.2, 0) is 12.8 Å². The molecule has 2 aromatic carbocycles. The van der Waals surface area contributed by atoms with Gasteiger partial charge in [0.1, 0.15) is 11.6 Å². The maximum Gasteiger partial charge on any atom is 0.271 e. The lowest BCUT2D eigenvalue weighted by Gasteiger charge is -2.07. The van der Waals surface area contributed by atoms with Crippen LogP contribution in [0.15, 0.2) is 66.7 Å². The van der Waals surface area contributed by atoms with Crippen LogP contribution >= 0.6 is 0 Å². The van der Waals surface area contributed by atoms with Gasteiger partial charge in [-0.3, -0.25) is 4.79 Å². The van der Waals surface area contributed by atoms with Crippen LogP contribution in [0.3, 0.4) is 0 Å². The first kappa shape index (κ1) is 19.4. The summed E-state index contributed by atoms with van der Waals surface area (Å²) < 4.78 is 5.20. The van der Waals surface area contributed by atoms with Crippen LogP contribution in [-0.4, -0.2) is 36.3 Å². The first-order valence-corrected chi connectivity index (χ1v) is 9.27. The molecule has 0 aliphatic carbocycles. The molecule has 0 unspecified atom stereocenters. The minimum atomic E-state index is -0.230. The Kier molecular flexibility index (Phi) is 6.95. The minimum Gasteiger partial charge on any atom is -0.497 e. The van der Waals surface area contributed by atoms with Crippen molar-refractivity contribution in [2.45, 2.75) is 12.8 Å². The number of anilines is 1. The Bertz CT molecular complexity index is 883. The third-order valence-corrected chi connectivity index (χ3v) is 4.29. The highest BCUT2D eigenvalue weighted by Crippen LogP contribution is 2.12. The maximum absolute atomic E-state index is 12.2. The molecule has 0 radical (unpaired) electrons. The number of carbonyl (C=O) groups is 1. The molecule has 1 heterocycles. The maximum atomic E-state index is 12.2. The second kappa shape index (κ2) is 10.1. The number of hydrogen-bond donors (Lipinski definition) is 2. The molecule has 3 rings (SSSR count). The number of carbonyl (C=O) groups excluding carboxylic acids is 1. The number of rotatable bonds is 9. The molecule has 0 atom stereocenters. The number of amides is 1. The molecule has 2 N–H and O–H groups in total. The number of aromatic nitrogens is 2. The van der Waals surface area contributed by atoms with Crippen LogP contribution in [0.1, 0.15) is 21.6 Å². The van der Waals surface area contributed by atoms with Crippen molar-refractivity contribution in [2.75, 3.05) is 25.5 Å². The van der Waals surface area contributed by atoms with Crippen molar-refractivity contribution < 1.29 is 9.53 Å². The fraction of sp³-hybridized carbons (Fsp3) is 0.227. The van der Waals surface area contributed by atoms with E-state index in [9.17, 15) is 4.79 Å². The van der Waals surface area contributed by atoms with Crippen molar-refractivity contribution in [1.82, 2.24) is 15.5 Å². The minimum absolute atomic E-state index is 0.230. The van der Waals surface area contributed by atoms with Crippen LogP contribution in [0.25, 0.3) is 0 Å². The number of nitrogens with zero attached hydrogens (tertiary/aromatic N) is 2. The van der Waals surface area contributed by atoms with E-state index in [2.05, 4.69) is 33.0 Å². The summed E-state index contributed by atoms with van der Waals surface area (Å²) in [6.07, 6.45) is 1.62. The van der Waals surface area contributed by atoms with Gasteiger partial charge in [-0.25, -0.2) is 0 Å². The molecule has 0 aliphatic rings. The molecular weight excluding hydrogens is 352 g/mol. The van der Waals surface area contributed by atoms with Crippen LogP contribution < -0.4 is 15.4 Å². The van der Waals surface area contributed by atoms with E-state index in [1.54, 1.807) is 19.2 Å². The predicted octanol–water partition coefficient (Wildman–Crippen LogP) is 3.11. The van der Waals surface area contributed by atoms with Gasteiger partial charge in [-0.05, 0) is 48.2 Å². The molecule has 0 bridgehead atoms. The topological polar surface area (TPSA) is 76.1 Å². The smallest absolute Gasteiger partial charge is 0.271 e. The number of nitrogens with one attached hydrogen (secondary N) is 2. The van der Waals surface area contributed by atoms with E-state index < -0.39 is 0 Å². The van der Waals surface area contributed by atoms with Crippen LogP contribution in [0.2, 0.25) is 0 Å². The standard InChI is InChI=1S/C22H24N4O2/c1-28-19-9-5-8-18(16-19)13-15-24-22(27)20-10-11-21(26-25-20)23-14-12-17-6-3-2-4-7-17/h2-11,16H,12-15H2,1H3,(H,23,26)(H,24,27). The number of methoxy groups -OCH3 is 1. The van der Waals surface area contributed by atoms with Gasteiger partial charge in [-0.15, -0.1) is 10.2 Å². The summed E-state index contributed by atoms with van der Waals surface area (Å²) in [5.74, 6) is 1.24. The summed E-state index contributed by atoms with van der Waals surface area (Å²) in [5.41, 5.74) is 2.66. The average molecular weight is 376 g/mol. The third-order valence-electron chi connectivity index (χ3n) is 4.29. The quantitative estimate of drug-likeness (QED) is 0.600. The number of hydrogen-bond acceptors (Lipinski definition) is 5. The first-order chi connectivity index (χ1) is 13.7. The number of ether oxygens (including phenoxy) is 1. The van der Waals surface area contributed by atoms with Crippen molar-refractivity contribution in [3.63, 3.8) is 0 Å². The fourth-order valence-electron chi connectivity index (χ4n) is 2.77. The Labute approximate surface area is 165 Å². The lowest BCUT2D eigenvalue weighted by molar-refractivity contribution is 0.0948. The second-order valence-electron chi connectivity index (χ2n) is 6.32. The molecular formula is C22H24N4O2. The van der Waals surface area contributed by atoms with Crippen LogP contribution in [0.4, 0.5) is 5.82 Å². The molecule has 0 aliphatic heterocycles.